The van der Waals surface area contributed by atoms with E-state index in [1.54, 1.807) is 0 Å². The quantitative estimate of drug-likeness (QED) is 0.421. The number of rotatable bonds is 10. The maximum Gasteiger partial charge on any atom is 0.254 e. The van der Waals surface area contributed by atoms with Crippen molar-refractivity contribution in [3.8, 4) is 0 Å². The van der Waals surface area contributed by atoms with Crippen LogP contribution in [0.15, 0.2) is 36.4 Å². The molecule has 0 radical (unpaired) electrons. The van der Waals surface area contributed by atoms with E-state index >= 15 is 0 Å². The fourth-order valence-electron chi connectivity index (χ4n) is 5.40. The van der Waals surface area contributed by atoms with Gasteiger partial charge in [-0.3, -0.25) is 4.79 Å². The summed E-state index contributed by atoms with van der Waals surface area (Å²) in [5, 5.41) is 0. The molecule has 0 heterocycles. The van der Waals surface area contributed by atoms with Gasteiger partial charge in [-0.25, -0.2) is 0 Å². The zero-order valence-electron chi connectivity index (χ0n) is 20.7. The van der Waals surface area contributed by atoms with Crippen molar-refractivity contribution >= 4 is 5.91 Å². The van der Waals surface area contributed by atoms with Crippen molar-refractivity contribution in [2.75, 3.05) is 26.2 Å². The number of hydrogen-bond donors (Lipinski definition) is 0. The second-order valence-electron chi connectivity index (χ2n) is 10.8. The van der Waals surface area contributed by atoms with E-state index in [0.717, 1.165) is 50.5 Å². The van der Waals surface area contributed by atoms with Gasteiger partial charge in [0.05, 0.1) is 0 Å². The minimum Gasteiger partial charge on any atom is -0.336 e. The van der Waals surface area contributed by atoms with Gasteiger partial charge in [-0.1, -0.05) is 58.9 Å². The molecule has 2 aliphatic rings. The smallest absolute Gasteiger partial charge is 0.254 e. The minimum atomic E-state index is 0.106. The normalized spacial score (nSPS) is 23.5. The van der Waals surface area contributed by atoms with Gasteiger partial charge in [-0.2, -0.15) is 0 Å². The summed E-state index contributed by atoms with van der Waals surface area (Å²) in [6.07, 6.45) is 9.56. The average molecular weight is 425 g/mol. The monoisotopic (exact) mass is 424 g/mol. The van der Waals surface area contributed by atoms with Crippen LogP contribution < -0.4 is 0 Å². The lowest BCUT2D eigenvalue weighted by atomic mass is 9.86. The lowest BCUT2D eigenvalue weighted by Gasteiger charge is -2.34. The van der Waals surface area contributed by atoms with Gasteiger partial charge in [-0.05, 0) is 93.1 Å². The van der Waals surface area contributed by atoms with Crippen molar-refractivity contribution < 1.29 is 4.79 Å². The first-order chi connectivity index (χ1) is 14.7. The van der Waals surface area contributed by atoms with Crippen molar-refractivity contribution in [1.29, 1.82) is 0 Å². The molecule has 172 valence electrons. The van der Waals surface area contributed by atoms with Crippen LogP contribution in [0.2, 0.25) is 0 Å². The molecule has 1 amide bonds. The third-order valence-electron chi connectivity index (χ3n) is 7.63. The standard InChI is InChI=1S/C28H44N2O/c1-7-29(8-2)17-9-10-21(3)30(20-25-19-22-11-12-24(25)18-22)27(31)23-13-15-26(16-14-23)28(4,5)6/h11-16,21-22,24-25H,7-10,17-20H2,1-6H3. The number of amides is 1. The molecule has 1 saturated carbocycles. The predicted molar refractivity (Wildman–Crippen MR) is 132 cm³/mol. The lowest BCUT2D eigenvalue weighted by Crippen LogP contribution is -2.43. The van der Waals surface area contributed by atoms with Crippen LogP contribution in [0.25, 0.3) is 0 Å². The van der Waals surface area contributed by atoms with Crippen LogP contribution in [-0.2, 0) is 5.41 Å². The van der Waals surface area contributed by atoms with Crippen molar-refractivity contribution in [3.63, 3.8) is 0 Å². The van der Waals surface area contributed by atoms with E-state index in [4.69, 9.17) is 0 Å². The molecule has 0 saturated heterocycles. The summed E-state index contributed by atoms with van der Waals surface area (Å²) in [7, 11) is 0. The van der Waals surface area contributed by atoms with E-state index in [0.29, 0.717) is 11.8 Å². The fourth-order valence-corrected chi connectivity index (χ4v) is 5.40. The van der Waals surface area contributed by atoms with Crippen molar-refractivity contribution in [2.45, 2.75) is 78.7 Å². The Morgan fingerprint density at radius 2 is 1.74 bits per heavy atom. The van der Waals surface area contributed by atoms with Crippen molar-refractivity contribution in [2.24, 2.45) is 17.8 Å². The largest absolute Gasteiger partial charge is 0.336 e. The molecule has 2 aliphatic carbocycles. The highest BCUT2D eigenvalue weighted by atomic mass is 16.2. The SMILES string of the molecule is CCN(CC)CCCC(C)N(CC1CC2C=CC1C2)C(=O)c1ccc(C(C)(C)C)cc1. The second kappa shape index (κ2) is 10.3. The summed E-state index contributed by atoms with van der Waals surface area (Å²) >= 11 is 0. The van der Waals surface area contributed by atoms with E-state index in [9.17, 15) is 4.79 Å². The van der Waals surface area contributed by atoms with Crippen LogP contribution in [0, 0.1) is 17.8 Å². The Labute approximate surface area is 190 Å². The Morgan fingerprint density at radius 3 is 2.26 bits per heavy atom. The van der Waals surface area contributed by atoms with Crippen LogP contribution in [0.3, 0.4) is 0 Å². The molecule has 1 aromatic carbocycles. The second-order valence-corrected chi connectivity index (χ2v) is 10.8. The molecule has 0 N–H and O–H groups in total. The number of hydrogen-bond acceptors (Lipinski definition) is 2. The third kappa shape index (κ3) is 6.00. The number of fused-ring (bicyclic) bond motifs is 2. The molecule has 31 heavy (non-hydrogen) atoms. The molecule has 2 bridgehead atoms. The van der Waals surface area contributed by atoms with Crippen LogP contribution in [-0.4, -0.2) is 47.9 Å². The van der Waals surface area contributed by atoms with Crippen LogP contribution in [0.1, 0.15) is 83.1 Å². The Bertz CT molecular complexity index is 741. The molecule has 1 fully saturated rings. The molecule has 3 rings (SSSR count). The van der Waals surface area contributed by atoms with E-state index in [1.807, 2.05) is 12.1 Å². The van der Waals surface area contributed by atoms with Crippen molar-refractivity contribution in [3.05, 3.63) is 47.5 Å². The molecule has 1 aromatic rings. The highest BCUT2D eigenvalue weighted by Crippen LogP contribution is 2.44. The zero-order chi connectivity index (χ0) is 22.6. The highest BCUT2D eigenvalue weighted by Gasteiger charge is 2.38. The molecule has 3 nitrogen and oxygen atoms in total. The molecular weight excluding hydrogens is 380 g/mol. The summed E-state index contributed by atoms with van der Waals surface area (Å²) in [6, 6.07) is 8.62. The summed E-state index contributed by atoms with van der Waals surface area (Å²) in [6.45, 7) is 17.6. The Balaban J connectivity index is 1.71. The van der Waals surface area contributed by atoms with Crippen LogP contribution in [0.5, 0.6) is 0 Å². The first-order valence-electron chi connectivity index (χ1n) is 12.5. The van der Waals surface area contributed by atoms with Gasteiger partial charge in [0.15, 0.2) is 0 Å². The highest BCUT2D eigenvalue weighted by molar-refractivity contribution is 5.94. The van der Waals surface area contributed by atoms with Gasteiger partial charge < -0.3 is 9.80 Å². The zero-order valence-corrected chi connectivity index (χ0v) is 20.7. The Hall–Kier alpha value is -1.61. The molecular formula is C28H44N2O. The van der Waals surface area contributed by atoms with Crippen molar-refractivity contribution in [1.82, 2.24) is 9.80 Å². The van der Waals surface area contributed by atoms with Gasteiger partial charge in [0.25, 0.3) is 5.91 Å². The molecule has 4 unspecified atom stereocenters. The van der Waals surface area contributed by atoms with Crippen LogP contribution >= 0.6 is 0 Å². The summed E-state index contributed by atoms with van der Waals surface area (Å²) in [5.41, 5.74) is 2.22. The molecule has 0 spiro atoms. The number of allylic oxidation sites excluding steroid dienone is 2. The maximum absolute atomic E-state index is 13.6. The van der Waals surface area contributed by atoms with Gasteiger partial charge in [-0.15, -0.1) is 0 Å². The van der Waals surface area contributed by atoms with E-state index in [-0.39, 0.29) is 17.4 Å². The maximum atomic E-state index is 13.6. The predicted octanol–water partition coefficient (Wildman–Crippen LogP) is 6.15. The number of benzene rings is 1. The topological polar surface area (TPSA) is 23.6 Å². The first-order valence-corrected chi connectivity index (χ1v) is 12.5. The number of carbonyl (C=O) groups is 1. The fraction of sp³-hybridized carbons (Fsp3) is 0.679. The minimum absolute atomic E-state index is 0.106. The van der Waals surface area contributed by atoms with Gasteiger partial charge in [0.1, 0.15) is 0 Å². The molecule has 4 atom stereocenters. The molecule has 0 aliphatic heterocycles. The van der Waals surface area contributed by atoms with Gasteiger partial charge in [0.2, 0.25) is 0 Å². The number of carbonyl (C=O) groups excluding carboxylic acids is 1. The number of nitrogens with zero attached hydrogens (tertiary/aromatic N) is 2. The molecule has 3 heteroatoms. The third-order valence-corrected chi connectivity index (χ3v) is 7.63. The lowest BCUT2D eigenvalue weighted by molar-refractivity contribution is 0.0630. The summed E-state index contributed by atoms with van der Waals surface area (Å²) in [5.74, 6) is 2.25. The molecule has 0 aromatic heterocycles. The Morgan fingerprint density at radius 1 is 1.06 bits per heavy atom. The first kappa shape index (κ1) is 24.0. The van der Waals surface area contributed by atoms with E-state index in [2.05, 4.69) is 75.6 Å². The van der Waals surface area contributed by atoms with Crippen LogP contribution in [0.4, 0.5) is 0 Å². The summed E-state index contributed by atoms with van der Waals surface area (Å²) < 4.78 is 0. The average Bonchev–Trinajstić information content (AvgIpc) is 3.37. The van der Waals surface area contributed by atoms with Gasteiger partial charge in [0, 0.05) is 18.2 Å². The van der Waals surface area contributed by atoms with E-state index in [1.165, 1.54) is 18.4 Å². The summed E-state index contributed by atoms with van der Waals surface area (Å²) in [4.78, 5) is 18.3. The van der Waals surface area contributed by atoms with Gasteiger partial charge >= 0.3 is 0 Å². The Kier molecular flexibility index (Phi) is 8.02. The van der Waals surface area contributed by atoms with E-state index < -0.39 is 0 Å².